The first-order valence-corrected chi connectivity index (χ1v) is 8.52. The van der Waals surface area contributed by atoms with E-state index in [-0.39, 0.29) is 5.91 Å². The smallest absolute Gasteiger partial charge is 0.414 e. The predicted molar refractivity (Wildman–Crippen MR) is 94.3 cm³/mol. The number of anilines is 1. The van der Waals surface area contributed by atoms with Crippen molar-refractivity contribution in [1.29, 1.82) is 0 Å². The van der Waals surface area contributed by atoms with Crippen LogP contribution in [0.15, 0.2) is 18.2 Å². The minimum absolute atomic E-state index is 0.174. The van der Waals surface area contributed by atoms with Gasteiger partial charge in [0.15, 0.2) is 11.6 Å². The Balaban J connectivity index is 0.000000527. The molecular weight excluding hydrogens is 362 g/mol. The molecule has 1 aromatic carbocycles. The number of nitrogens with zero attached hydrogens (tertiary/aromatic N) is 1. The highest BCUT2D eigenvalue weighted by molar-refractivity contribution is 6.27. The van der Waals surface area contributed by atoms with E-state index in [1.807, 2.05) is 0 Å². The molecule has 1 aliphatic rings. The van der Waals surface area contributed by atoms with Crippen molar-refractivity contribution in [3.63, 3.8) is 0 Å². The molecule has 2 rings (SSSR count). The predicted octanol–water partition coefficient (Wildman–Crippen LogP) is 2.43. The number of benzene rings is 1. The summed E-state index contributed by atoms with van der Waals surface area (Å²) in [6, 6.07) is 3.37. The number of aliphatic carboxylic acids is 2. The minimum atomic E-state index is -1.82. The van der Waals surface area contributed by atoms with E-state index in [4.69, 9.17) is 19.8 Å². The van der Waals surface area contributed by atoms with Crippen molar-refractivity contribution in [2.45, 2.75) is 26.7 Å². The van der Waals surface area contributed by atoms with Crippen LogP contribution in [-0.4, -0.2) is 52.6 Å². The molecule has 1 saturated heterocycles. The lowest BCUT2D eigenvalue weighted by molar-refractivity contribution is -0.159. The molecule has 0 bridgehead atoms. The SMILES string of the molecule is CC1CC(C)CN(CCC(=O)Nc2ccc(F)c(F)c2)C1.O=C(O)C(=O)O. The maximum Gasteiger partial charge on any atom is 0.414 e. The van der Waals surface area contributed by atoms with E-state index in [0.717, 1.165) is 25.2 Å². The molecular formula is C18H24F2N2O5. The Bertz CT molecular complexity index is 662. The minimum Gasteiger partial charge on any atom is -0.473 e. The fourth-order valence-corrected chi connectivity index (χ4v) is 3.03. The molecule has 0 spiro atoms. The summed E-state index contributed by atoms with van der Waals surface area (Å²) in [5.41, 5.74) is 0.291. The highest BCUT2D eigenvalue weighted by atomic mass is 19.2. The largest absolute Gasteiger partial charge is 0.473 e. The average Bonchev–Trinajstić information content (AvgIpc) is 2.56. The molecule has 0 radical (unpaired) electrons. The molecule has 1 heterocycles. The van der Waals surface area contributed by atoms with Crippen LogP contribution in [0.5, 0.6) is 0 Å². The second kappa shape index (κ2) is 10.6. The maximum atomic E-state index is 13.1. The van der Waals surface area contributed by atoms with Gasteiger partial charge in [0.05, 0.1) is 0 Å². The van der Waals surface area contributed by atoms with Crippen LogP contribution in [0.3, 0.4) is 0 Å². The molecule has 9 heteroatoms. The van der Waals surface area contributed by atoms with Gasteiger partial charge in [-0.2, -0.15) is 0 Å². The third-order valence-electron chi connectivity index (χ3n) is 3.99. The molecule has 1 aliphatic heterocycles. The van der Waals surface area contributed by atoms with Gasteiger partial charge in [-0.3, -0.25) is 4.79 Å². The van der Waals surface area contributed by atoms with Gasteiger partial charge >= 0.3 is 11.9 Å². The van der Waals surface area contributed by atoms with Gasteiger partial charge in [0.1, 0.15) is 0 Å². The van der Waals surface area contributed by atoms with Gasteiger partial charge in [0, 0.05) is 37.8 Å². The zero-order chi connectivity index (χ0) is 20.6. The van der Waals surface area contributed by atoms with Crippen molar-refractivity contribution in [2.24, 2.45) is 11.8 Å². The highest BCUT2D eigenvalue weighted by Gasteiger charge is 2.21. The third kappa shape index (κ3) is 8.59. The molecule has 1 amide bonds. The van der Waals surface area contributed by atoms with Crippen LogP contribution in [0.25, 0.3) is 0 Å². The van der Waals surface area contributed by atoms with Crippen molar-refractivity contribution >= 4 is 23.5 Å². The molecule has 7 nitrogen and oxygen atoms in total. The highest BCUT2D eigenvalue weighted by Crippen LogP contribution is 2.21. The molecule has 3 N–H and O–H groups in total. The number of hydrogen-bond donors (Lipinski definition) is 3. The maximum absolute atomic E-state index is 13.1. The first-order chi connectivity index (χ1) is 12.6. The summed E-state index contributed by atoms with van der Waals surface area (Å²) in [4.78, 5) is 32.4. The van der Waals surface area contributed by atoms with Crippen LogP contribution >= 0.6 is 0 Å². The zero-order valence-corrected chi connectivity index (χ0v) is 15.2. The molecule has 27 heavy (non-hydrogen) atoms. The van der Waals surface area contributed by atoms with E-state index in [1.165, 1.54) is 12.5 Å². The topological polar surface area (TPSA) is 107 Å². The van der Waals surface area contributed by atoms with Crippen molar-refractivity contribution in [3.05, 3.63) is 29.8 Å². The average molecular weight is 386 g/mol. The first-order valence-electron chi connectivity index (χ1n) is 8.52. The number of piperidine rings is 1. The fourth-order valence-electron chi connectivity index (χ4n) is 3.03. The second-order valence-electron chi connectivity index (χ2n) is 6.74. The summed E-state index contributed by atoms with van der Waals surface area (Å²) >= 11 is 0. The van der Waals surface area contributed by atoms with Gasteiger partial charge in [-0.25, -0.2) is 18.4 Å². The van der Waals surface area contributed by atoms with Crippen molar-refractivity contribution < 1.29 is 33.4 Å². The summed E-state index contributed by atoms with van der Waals surface area (Å²) in [6.45, 7) is 7.18. The fraction of sp³-hybridized carbons (Fsp3) is 0.500. The van der Waals surface area contributed by atoms with Crippen LogP contribution in [0.2, 0.25) is 0 Å². The summed E-state index contributed by atoms with van der Waals surface area (Å²) in [6.07, 6.45) is 1.59. The van der Waals surface area contributed by atoms with Gasteiger partial charge in [-0.1, -0.05) is 13.8 Å². The van der Waals surface area contributed by atoms with Crippen LogP contribution < -0.4 is 5.32 Å². The number of nitrogens with one attached hydrogen (secondary N) is 1. The summed E-state index contributed by atoms with van der Waals surface area (Å²) in [5, 5.41) is 17.4. The summed E-state index contributed by atoms with van der Waals surface area (Å²) < 4.78 is 25.9. The van der Waals surface area contributed by atoms with Gasteiger partial charge in [-0.15, -0.1) is 0 Å². The van der Waals surface area contributed by atoms with E-state index >= 15 is 0 Å². The lowest BCUT2D eigenvalue weighted by Crippen LogP contribution is -2.40. The first kappa shape index (κ1) is 22.5. The lowest BCUT2D eigenvalue weighted by atomic mass is 9.92. The molecule has 1 aromatic rings. The quantitative estimate of drug-likeness (QED) is 0.686. The zero-order valence-electron chi connectivity index (χ0n) is 15.2. The third-order valence-corrected chi connectivity index (χ3v) is 3.99. The number of likely N-dealkylation sites (tertiary alicyclic amines) is 1. The number of amides is 1. The Morgan fingerprint density at radius 1 is 1.07 bits per heavy atom. The van der Waals surface area contributed by atoms with Gasteiger partial charge in [0.25, 0.3) is 0 Å². The Morgan fingerprint density at radius 2 is 1.63 bits per heavy atom. The second-order valence-corrected chi connectivity index (χ2v) is 6.74. The number of hydrogen-bond acceptors (Lipinski definition) is 4. The van der Waals surface area contributed by atoms with Gasteiger partial charge < -0.3 is 20.4 Å². The van der Waals surface area contributed by atoms with Crippen molar-refractivity contribution in [3.8, 4) is 0 Å². The van der Waals surface area contributed by atoms with Gasteiger partial charge in [-0.05, 0) is 30.4 Å². The molecule has 0 aromatic heterocycles. The Hall–Kier alpha value is -2.55. The van der Waals surface area contributed by atoms with E-state index in [0.29, 0.717) is 30.5 Å². The normalized spacial score (nSPS) is 19.6. The molecule has 1 fully saturated rings. The number of carbonyl (C=O) groups excluding carboxylic acids is 1. The van der Waals surface area contributed by atoms with Gasteiger partial charge in [0.2, 0.25) is 5.91 Å². The van der Waals surface area contributed by atoms with E-state index in [1.54, 1.807) is 0 Å². The number of carboxylic acids is 2. The van der Waals surface area contributed by atoms with E-state index < -0.39 is 23.6 Å². The Labute approximate surface area is 156 Å². The van der Waals surface area contributed by atoms with Crippen LogP contribution in [0.4, 0.5) is 14.5 Å². The molecule has 150 valence electrons. The molecule has 0 aliphatic carbocycles. The van der Waals surface area contributed by atoms with Crippen molar-refractivity contribution in [1.82, 2.24) is 4.90 Å². The van der Waals surface area contributed by atoms with E-state index in [2.05, 4.69) is 24.1 Å². The lowest BCUT2D eigenvalue weighted by Gasteiger charge is -2.34. The Kier molecular flexibility index (Phi) is 8.80. The Morgan fingerprint density at radius 3 is 2.11 bits per heavy atom. The number of carbonyl (C=O) groups is 3. The molecule has 0 saturated carbocycles. The van der Waals surface area contributed by atoms with Crippen LogP contribution in [0.1, 0.15) is 26.7 Å². The van der Waals surface area contributed by atoms with E-state index in [9.17, 15) is 13.6 Å². The van der Waals surface area contributed by atoms with Crippen molar-refractivity contribution in [2.75, 3.05) is 25.0 Å². The monoisotopic (exact) mass is 386 g/mol. The number of halogens is 2. The van der Waals surface area contributed by atoms with Crippen LogP contribution in [-0.2, 0) is 14.4 Å². The standard InChI is InChI=1S/C16H22F2N2O.C2H2O4/c1-11-7-12(2)10-20(9-11)6-5-16(21)19-13-3-4-14(17)15(18)8-13;3-1(4)2(5)6/h3-4,8,11-12H,5-7,9-10H2,1-2H3,(H,19,21);(H,3,4)(H,5,6). The molecule has 2 unspecified atom stereocenters. The summed E-state index contributed by atoms with van der Waals surface area (Å²) in [7, 11) is 0. The molecule has 2 atom stereocenters. The summed E-state index contributed by atoms with van der Waals surface area (Å²) in [5.74, 6) is -4.38. The number of carboxylic acid groups (broad SMARTS) is 2. The van der Waals surface area contributed by atoms with Crippen LogP contribution in [0, 0.1) is 23.5 Å². The number of rotatable bonds is 4.